The summed E-state index contributed by atoms with van der Waals surface area (Å²) in [5.41, 5.74) is 6.82. The topological polar surface area (TPSA) is 64.3 Å². The Labute approximate surface area is 95.8 Å². The molecular weight excluding hydrogens is 204 g/mol. The number of nitrogens with two attached hydrogens (primary N) is 1. The van der Waals surface area contributed by atoms with E-state index in [1.165, 1.54) is 0 Å². The normalized spacial score (nSPS) is 10.2. The highest BCUT2D eigenvalue weighted by atomic mass is 16.5. The highest BCUT2D eigenvalue weighted by Gasteiger charge is 2.07. The second kappa shape index (κ2) is 5.39. The molecule has 0 aliphatic heterocycles. The average molecular weight is 222 g/mol. The summed E-state index contributed by atoms with van der Waals surface area (Å²) in [6.45, 7) is 4.74. The van der Waals surface area contributed by atoms with Crippen molar-refractivity contribution in [2.75, 3.05) is 19.4 Å². The van der Waals surface area contributed by atoms with E-state index in [1.807, 2.05) is 0 Å². The molecule has 1 amide bonds. The average Bonchev–Trinajstić information content (AvgIpc) is 2.26. The first-order chi connectivity index (χ1) is 7.54. The summed E-state index contributed by atoms with van der Waals surface area (Å²) < 4.78 is 5.51. The lowest BCUT2D eigenvalue weighted by molar-refractivity contribution is 0.0963. The molecular formula is C12H18N2O2. The SMILES string of the molecule is CNC(=O)c1ccc(OCC(C)C)c(N)c1. The van der Waals surface area contributed by atoms with Crippen molar-refractivity contribution in [3.05, 3.63) is 23.8 Å². The van der Waals surface area contributed by atoms with Crippen molar-refractivity contribution in [2.45, 2.75) is 13.8 Å². The number of nitrogen functional groups attached to an aromatic ring is 1. The third-order valence-electron chi connectivity index (χ3n) is 2.07. The summed E-state index contributed by atoms with van der Waals surface area (Å²) in [7, 11) is 1.59. The minimum atomic E-state index is -0.151. The van der Waals surface area contributed by atoms with E-state index < -0.39 is 0 Å². The predicted octanol–water partition coefficient (Wildman–Crippen LogP) is 1.66. The minimum Gasteiger partial charge on any atom is -0.491 e. The number of hydrogen-bond acceptors (Lipinski definition) is 3. The second-order valence-electron chi connectivity index (χ2n) is 4.04. The highest BCUT2D eigenvalue weighted by molar-refractivity contribution is 5.95. The van der Waals surface area contributed by atoms with Gasteiger partial charge in [0.1, 0.15) is 5.75 Å². The number of amides is 1. The Morgan fingerprint density at radius 2 is 2.19 bits per heavy atom. The van der Waals surface area contributed by atoms with Gasteiger partial charge in [0.05, 0.1) is 12.3 Å². The van der Waals surface area contributed by atoms with Crippen molar-refractivity contribution in [1.29, 1.82) is 0 Å². The van der Waals surface area contributed by atoms with Crippen LogP contribution in [-0.2, 0) is 0 Å². The third-order valence-corrected chi connectivity index (χ3v) is 2.07. The van der Waals surface area contributed by atoms with Crippen molar-refractivity contribution in [3.63, 3.8) is 0 Å². The zero-order valence-corrected chi connectivity index (χ0v) is 9.91. The van der Waals surface area contributed by atoms with Gasteiger partial charge in [0.25, 0.3) is 5.91 Å². The highest BCUT2D eigenvalue weighted by Crippen LogP contribution is 2.23. The van der Waals surface area contributed by atoms with E-state index in [2.05, 4.69) is 19.2 Å². The number of hydrogen-bond donors (Lipinski definition) is 2. The van der Waals surface area contributed by atoms with Crippen LogP contribution in [-0.4, -0.2) is 19.6 Å². The lowest BCUT2D eigenvalue weighted by Crippen LogP contribution is -2.18. The zero-order valence-electron chi connectivity index (χ0n) is 9.91. The Hall–Kier alpha value is -1.71. The summed E-state index contributed by atoms with van der Waals surface area (Å²) >= 11 is 0. The number of carbonyl (C=O) groups is 1. The molecule has 0 aromatic heterocycles. The van der Waals surface area contributed by atoms with Crippen LogP contribution in [0.3, 0.4) is 0 Å². The van der Waals surface area contributed by atoms with Gasteiger partial charge in [-0.05, 0) is 24.1 Å². The minimum absolute atomic E-state index is 0.151. The molecule has 88 valence electrons. The maximum atomic E-state index is 11.3. The fourth-order valence-corrected chi connectivity index (χ4v) is 1.22. The fraction of sp³-hybridized carbons (Fsp3) is 0.417. The van der Waals surface area contributed by atoms with Gasteiger partial charge >= 0.3 is 0 Å². The molecule has 16 heavy (non-hydrogen) atoms. The first-order valence-electron chi connectivity index (χ1n) is 5.29. The number of nitrogens with one attached hydrogen (secondary N) is 1. The lowest BCUT2D eigenvalue weighted by Gasteiger charge is -2.11. The number of benzene rings is 1. The molecule has 1 aromatic rings. The van der Waals surface area contributed by atoms with Gasteiger partial charge in [-0.15, -0.1) is 0 Å². The molecule has 0 unspecified atom stereocenters. The van der Waals surface area contributed by atoms with Gasteiger partial charge in [-0.25, -0.2) is 0 Å². The first kappa shape index (κ1) is 12.4. The molecule has 0 radical (unpaired) electrons. The first-order valence-corrected chi connectivity index (χ1v) is 5.29. The second-order valence-corrected chi connectivity index (χ2v) is 4.04. The Kier molecular flexibility index (Phi) is 4.17. The van der Waals surface area contributed by atoms with Gasteiger partial charge in [0.15, 0.2) is 0 Å². The van der Waals surface area contributed by atoms with Crippen LogP contribution in [0.25, 0.3) is 0 Å². The third kappa shape index (κ3) is 3.15. The van der Waals surface area contributed by atoms with Gasteiger partial charge in [-0.1, -0.05) is 13.8 Å². The number of anilines is 1. The molecule has 3 N–H and O–H groups in total. The van der Waals surface area contributed by atoms with E-state index in [-0.39, 0.29) is 5.91 Å². The molecule has 4 nitrogen and oxygen atoms in total. The summed E-state index contributed by atoms with van der Waals surface area (Å²) in [4.78, 5) is 11.3. The molecule has 1 aromatic carbocycles. The molecule has 1 rings (SSSR count). The van der Waals surface area contributed by atoms with Crippen LogP contribution < -0.4 is 15.8 Å². The molecule has 0 aliphatic carbocycles. The fourth-order valence-electron chi connectivity index (χ4n) is 1.22. The van der Waals surface area contributed by atoms with Gasteiger partial charge in [0.2, 0.25) is 0 Å². The molecule has 0 atom stereocenters. The van der Waals surface area contributed by atoms with Crippen molar-refractivity contribution in [3.8, 4) is 5.75 Å². The molecule has 0 saturated carbocycles. The van der Waals surface area contributed by atoms with Crippen molar-refractivity contribution in [2.24, 2.45) is 5.92 Å². The van der Waals surface area contributed by atoms with Crippen LogP contribution in [0.2, 0.25) is 0 Å². The maximum absolute atomic E-state index is 11.3. The predicted molar refractivity (Wildman–Crippen MR) is 64.6 cm³/mol. The lowest BCUT2D eigenvalue weighted by atomic mass is 10.1. The zero-order chi connectivity index (χ0) is 12.1. The van der Waals surface area contributed by atoms with Crippen LogP contribution >= 0.6 is 0 Å². The van der Waals surface area contributed by atoms with Gasteiger partial charge in [-0.2, -0.15) is 0 Å². The Bertz CT molecular complexity index is 375. The summed E-state index contributed by atoms with van der Waals surface area (Å²) in [5.74, 6) is 0.918. The van der Waals surface area contributed by atoms with E-state index in [0.29, 0.717) is 29.5 Å². The number of carbonyl (C=O) groups excluding carboxylic acids is 1. The number of rotatable bonds is 4. The van der Waals surface area contributed by atoms with Gasteiger partial charge in [-0.3, -0.25) is 4.79 Å². The molecule has 0 spiro atoms. The van der Waals surface area contributed by atoms with E-state index in [4.69, 9.17) is 10.5 Å². The quantitative estimate of drug-likeness (QED) is 0.761. The van der Waals surface area contributed by atoms with Crippen molar-refractivity contribution < 1.29 is 9.53 Å². The Morgan fingerprint density at radius 3 is 2.69 bits per heavy atom. The van der Waals surface area contributed by atoms with E-state index in [9.17, 15) is 4.79 Å². The summed E-state index contributed by atoms with van der Waals surface area (Å²) in [6.07, 6.45) is 0. The Balaban J connectivity index is 2.79. The molecule has 0 fully saturated rings. The summed E-state index contributed by atoms with van der Waals surface area (Å²) in [6, 6.07) is 5.04. The van der Waals surface area contributed by atoms with Crippen LogP contribution in [0.5, 0.6) is 5.75 Å². The van der Waals surface area contributed by atoms with E-state index in [0.717, 1.165) is 0 Å². The van der Waals surface area contributed by atoms with Crippen LogP contribution in [0.1, 0.15) is 24.2 Å². The van der Waals surface area contributed by atoms with Crippen LogP contribution in [0.4, 0.5) is 5.69 Å². The standard InChI is InChI=1S/C12H18N2O2/c1-8(2)7-16-11-5-4-9(6-10(11)13)12(15)14-3/h4-6,8H,7,13H2,1-3H3,(H,14,15). The number of ether oxygens (including phenoxy) is 1. The molecule has 0 heterocycles. The monoisotopic (exact) mass is 222 g/mol. The van der Waals surface area contributed by atoms with Gasteiger partial charge < -0.3 is 15.8 Å². The van der Waals surface area contributed by atoms with Crippen LogP contribution in [0, 0.1) is 5.92 Å². The van der Waals surface area contributed by atoms with Crippen molar-refractivity contribution in [1.82, 2.24) is 5.32 Å². The van der Waals surface area contributed by atoms with Crippen molar-refractivity contribution >= 4 is 11.6 Å². The van der Waals surface area contributed by atoms with E-state index >= 15 is 0 Å². The smallest absolute Gasteiger partial charge is 0.251 e. The van der Waals surface area contributed by atoms with Crippen LogP contribution in [0.15, 0.2) is 18.2 Å². The summed E-state index contributed by atoms with van der Waals surface area (Å²) in [5, 5.41) is 2.54. The molecule has 0 bridgehead atoms. The largest absolute Gasteiger partial charge is 0.491 e. The van der Waals surface area contributed by atoms with Gasteiger partial charge in [0, 0.05) is 12.6 Å². The maximum Gasteiger partial charge on any atom is 0.251 e. The molecule has 0 aliphatic rings. The molecule has 4 heteroatoms. The molecule has 0 saturated heterocycles. The Morgan fingerprint density at radius 1 is 1.50 bits per heavy atom. The van der Waals surface area contributed by atoms with E-state index in [1.54, 1.807) is 25.2 Å².